The summed E-state index contributed by atoms with van der Waals surface area (Å²) >= 11 is 0. The third-order valence-electron chi connectivity index (χ3n) is 3.47. The van der Waals surface area contributed by atoms with Gasteiger partial charge in [-0.3, -0.25) is 4.79 Å². The second-order valence-corrected chi connectivity index (χ2v) is 4.83. The van der Waals surface area contributed by atoms with E-state index >= 15 is 0 Å². The van der Waals surface area contributed by atoms with Crippen molar-refractivity contribution in [1.82, 2.24) is 5.32 Å². The van der Waals surface area contributed by atoms with Crippen molar-refractivity contribution in [2.45, 2.75) is 31.7 Å². The van der Waals surface area contributed by atoms with Gasteiger partial charge in [0.2, 0.25) is 0 Å². The molecule has 1 atom stereocenters. The van der Waals surface area contributed by atoms with E-state index in [2.05, 4.69) is 5.32 Å². The minimum Gasteiger partial charge on any atom is -0.494 e. The van der Waals surface area contributed by atoms with Crippen molar-refractivity contribution in [3.8, 4) is 5.75 Å². The molecule has 1 aliphatic rings. The lowest BCUT2D eigenvalue weighted by atomic mass is 9.94. The summed E-state index contributed by atoms with van der Waals surface area (Å²) < 4.78 is 5.59. The summed E-state index contributed by atoms with van der Waals surface area (Å²) in [7, 11) is 0. The molecule has 0 aliphatic carbocycles. The van der Waals surface area contributed by atoms with Gasteiger partial charge in [0.15, 0.2) is 0 Å². The van der Waals surface area contributed by atoms with Crippen molar-refractivity contribution >= 4 is 5.97 Å². The number of hydrogen-bond donors (Lipinski definition) is 2. The van der Waals surface area contributed by atoms with Gasteiger partial charge in [0.25, 0.3) is 0 Å². The van der Waals surface area contributed by atoms with Crippen LogP contribution in [-0.2, 0) is 4.79 Å². The van der Waals surface area contributed by atoms with Crippen molar-refractivity contribution < 1.29 is 14.6 Å². The van der Waals surface area contributed by atoms with Crippen LogP contribution in [0, 0.1) is 6.92 Å². The van der Waals surface area contributed by atoms with Crippen LogP contribution in [0.3, 0.4) is 0 Å². The first-order chi connectivity index (χ1) is 8.62. The largest absolute Gasteiger partial charge is 0.494 e. The lowest BCUT2D eigenvalue weighted by molar-refractivity contribution is -0.144. The van der Waals surface area contributed by atoms with Gasteiger partial charge in [0.05, 0.1) is 6.61 Å². The first-order valence-electron chi connectivity index (χ1n) is 6.30. The summed E-state index contributed by atoms with van der Waals surface area (Å²) in [5.41, 5.74) is 0.395. The SMILES string of the molecule is Cc1ccc(OCCC2(C(=O)O)CCCN2)cc1. The molecule has 1 heterocycles. The predicted octanol–water partition coefficient (Wildman–Crippen LogP) is 1.97. The minimum atomic E-state index is -0.787. The molecule has 1 aromatic carbocycles. The van der Waals surface area contributed by atoms with Crippen molar-refractivity contribution in [2.24, 2.45) is 0 Å². The maximum absolute atomic E-state index is 11.3. The molecule has 0 bridgehead atoms. The fraction of sp³-hybridized carbons (Fsp3) is 0.500. The summed E-state index contributed by atoms with van der Waals surface area (Å²) in [6.45, 7) is 3.21. The van der Waals surface area contributed by atoms with Crippen LogP contribution in [0.1, 0.15) is 24.8 Å². The molecule has 1 fully saturated rings. The standard InChI is InChI=1S/C14H19NO3/c1-11-3-5-12(6-4-11)18-10-8-14(13(16)17)7-2-9-15-14/h3-6,15H,2,7-10H2,1H3,(H,16,17). The number of nitrogens with one attached hydrogen (secondary N) is 1. The van der Waals surface area contributed by atoms with Gasteiger partial charge in [-0.05, 0) is 38.4 Å². The van der Waals surface area contributed by atoms with Crippen LogP contribution in [0.15, 0.2) is 24.3 Å². The first-order valence-corrected chi connectivity index (χ1v) is 6.30. The van der Waals surface area contributed by atoms with Gasteiger partial charge in [-0.15, -0.1) is 0 Å². The maximum Gasteiger partial charge on any atom is 0.324 e. The van der Waals surface area contributed by atoms with E-state index in [-0.39, 0.29) is 0 Å². The van der Waals surface area contributed by atoms with Crippen LogP contribution < -0.4 is 10.1 Å². The smallest absolute Gasteiger partial charge is 0.324 e. The Hall–Kier alpha value is -1.55. The summed E-state index contributed by atoms with van der Waals surface area (Å²) in [5, 5.41) is 12.4. The molecule has 0 spiro atoms. The highest BCUT2D eigenvalue weighted by atomic mass is 16.5. The number of carboxylic acids is 1. The van der Waals surface area contributed by atoms with E-state index in [0.29, 0.717) is 19.4 Å². The zero-order chi connectivity index (χ0) is 13.0. The van der Waals surface area contributed by atoms with Crippen LogP contribution in [0.25, 0.3) is 0 Å². The van der Waals surface area contributed by atoms with Gasteiger partial charge in [0, 0.05) is 6.42 Å². The van der Waals surface area contributed by atoms with Gasteiger partial charge in [-0.25, -0.2) is 0 Å². The zero-order valence-electron chi connectivity index (χ0n) is 10.6. The highest BCUT2D eigenvalue weighted by Gasteiger charge is 2.40. The predicted molar refractivity (Wildman–Crippen MR) is 68.9 cm³/mol. The molecule has 1 unspecified atom stereocenters. The Labute approximate surface area is 107 Å². The number of aryl methyl sites for hydroxylation is 1. The van der Waals surface area contributed by atoms with E-state index in [4.69, 9.17) is 4.74 Å². The van der Waals surface area contributed by atoms with E-state index in [0.717, 1.165) is 18.7 Å². The summed E-state index contributed by atoms with van der Waals surface area (Å²) in [4.78, 5) is 11.3. The lowest BCUT2D eigenvalue weighted by Gasteiger charge is -2.24. The summed E-state index contributed by atoms with van der Waals surface area (Å²) in [6.07, 6.45) is 2.09. The highest BCUT2D eigenvalue weighted by Crippen LogP contribution is 2.24. The number of hydrogen-bond acceptors (Lipinski definition) is 3. The molecular weight excluding hydrogens is 230 g/mol. The number of rotatable bonds is 5. The summed E-state index contributed by atoms with van der Waals surface area (Å²) in [5.74, 6) is 0.0200. The van der Waals surface area contributed by atoms with E-state index in [9.17, 15) is 9.90 Å². The van der Waals surface area contributed by atoms with Crippen LogP contribution >= 0.6 is 0 Å². The Morgan fingerprint density at radius 2 is 2.17 bits per heavy atom. The third-order valence-corrected chi connectivity index (χ3v) is 3.47. The van der Waals surface area contributed by atoms with E-state index in [1.807, 2.05) is 31.2 Å². The molecule has 4 nitrogen and oxygen atoms in total. The molecule has 0 saturated carbocycles. The topological polar surface area (TPSA) is 58.6 Å². The van der Waals surface area contributed by atoms with E-state index < -0.39 is 11.5 Å². The van der Waals surface area contributed by atoms with Gasteiger partial charge in [-0.2, -0.15) is 0 Å². The molecule has 98 valence electrons. The number of aliphatic carboxylic acids is 1. The zero-order valence-corrected chi connectivity index (χ0v) is 10.6. The third kappa shape index (κ3) is 2.82. The van der Waals surface area contributed by atoms with Gasteiger partial charge < -0.3 is 15.2 Å². The molecular formula is C14H19NO3. The second kappa shape index (κ2) is 5.40. The van der Waals surface area contributed by atoms with Crippen molar-refractivity contribution in [1.29, 1.82) is 0 Å². The molecule has 0 aromatic heterocycles. The molecule has 18 heavy (non-hydrogen) atoms. The Bertz CT molecular complexity index is 408. The molecule has 0 amide bonds. The molecule has 2 rings (SSSR count). The lowest BCUT2D eigenvalue weighted by Crippen LogP contribution is -2.48. The van der Waals surface area contributed by atoms with Crippen LogP contribution in [0.5, 0.6) is 5.75 Å². The fourth-order valence-electron chi connectivity index (χ4n) is 2.29. The van der Waals surface area contributed by atoms with Crippen LogP contribution in [0.2, 0.25) is 0 Å². The number of benzene rings is 1. The minimum absolute atomic E-state index is 0.419. The first kappa shape index (κ1) is 12.9. The maximum atomic E-state index is 11.3. The number of carbonyl (C=O) groups is 1. The van der Waals surface area contributed by atoms with E-state index in [1.165, 1.54) is 5.56 Å². The number of carboxylic acid groups (broad SMARTS) is 1. The molecule has 1 saturated heterocycles. The van der Waals surface area contributed by atoms with Gasteiger partial charge in [0.1, 0.15) is 11.3 Å². The van der Waals surface area contributed by atoms with Crippen molar-refractivity contribution in [2.75, 3.05) is 13.2 Å². The highest BCUT2D eigenvalue weighted by molar-refractivity contribution is 5.79. The average Bonchev–Trinajstić information content (AvgIpc) is 2.82. The summed E-state index contributed by atoms with van der Waals surface area (Å²) in [6, 6.07) is 7.78. The Kier molecular flexibility index (Phi) is 3.87. The Morgan fingerprint density at radius 3 is 2.72 bits per heavy atom. The Morgan fingerprint density at radius 1 is 1.44 bits per heavy atom. The fourth-order valence-corrected chi connectivity index (χ4v) is 2.29. The van der Waals surface area contributed by atoms with Crippen LogP contribution in [-0.4, -0.2) is 29.8 Å². The second-order valence-electron chi connectivity index (χ2n) is 4.83. The molecule has 1 aromatic rings. The molecule has 1 aliphatic heterocycles. The Balaban J connectivity index is 1.87. The van der Waals surface area contributed by atoms with Crippen molar-refractivity contribution in [3.05, 3.63) is 29.8 Å². The molecule has 0 radical (unpaired) electrons. The monoisotopic (exact) mass is 249 g/mol. The van der Waals surface area contributed by atoms with Crippen LogP contribution in [0.4, 0.5) is 0 Å². The van der Waals surface area contributed by atoms with Gasteiger partial charge in [-0.1, -0.05) is 17.7 Å². The quantitative estimate of drug-likeness (QED) is 0.837. The molecule has 2 N–H and O–H groups in total. The average molecular weight is 249 g/mol. The van der Waals surface area contributed by atoms with Crippen molar-refractivity contribution in [3.63, 3.8) is 0 Å². The van der Waals surface area contributed by atoms with Gasteiger partial charge >= 0.3 is 5.97 Å². The number of ether oxygens (including phenoxy) is 1. The van der Waals surface area contributed by atoms with E-state index in [1.54, 1.807) is 0 Å². The molecule has 4 heteroatoms. The normalized spacial score (nSPS) is 22.9.